The van der Waals surface area contributed by atoms with Crippen LogP contribution >= 0.6 is 0 Å². The van der Waals surface area contributed by atoms with E-state index in [1.807, 2.05) is 0 Å². The minimum Gasteiger partial charge on any atom is -0.456 e. The number of furan rings is 1. The van der Waals surface area contributed by atoms with Crippen LogP contribution in [0.4, 0.5) is 0 Å². The van der Waals surface area contributed by atoms with Crippen molar-refractivity contribution in [2.45, 2.75) is 6.54 Å². The highest BCUT2D eigenvalue weighted by Gasteiger charge is 2.08. The highest BCUT2D eigenvalue weighted by Crippen LogP contribution is 2.07. The Balaban J connectivity index is 2.12. The minimum atomic E-state index is -0.345. The number of carbonyl (C=O) groups is 1. The third-order valence-corrected chi connectivity index (χ3v) is 3.00. The minimum absolute atomic E-state index is 0.0622. The molecule has 0 bridgehead atoms. The van der Waals surface area contributed by atoms with Crippen LogP contribution in [-0.2, 0) is 6.54 Å². The summed E-state index contributed by atoms with van der Waals surface area (Å²) in [4.78, 5) is 34.7. The van der Waals surface area contributed by atoms with Gasteiger partial charge in [0.2, 0.25) is 0 Å². The predicted octanol–water partition coefficient (Wildman–Crippen LogP) is 1.14. The Hall–Kier alpha value is -2.89. The molecule has 1 N–H and O–H groups in total. The lowest BCUT2D eigenvalue weighted by Crippen LogP contribution is -2.30. The Morgan fingerprint density at radius 2 is 1.85 bits per heavy atom. The van der Waals surface area contributed by atoms with E-state index in [0.717, 1.165) is 4.68 Å². The Labute approximate surface area is 112 Å². The first-order chi connectivity index (χ1) is 9.69. The quantitative estimate of drug-likeness (QED) is 0.723. The first-order valence-electron chi connectivity index (χ1n) is 5.95. The van der Waals surface area contributed by atoms with Gasteiger partial charge in [0.25, 0.3) is 11.1 Å². The number of rotatable bonds is 3. The van der Waals surface area contributed by atoms with Crippen LogP contribution in [0.1, 0.15) is 16.3 Å². The predicted molar refractivity (Wildman–Crippen MR) is 72.0 cm³/mol. The van der Waals surface area contributed by atoms with Crippen LogP contribution in [0.15, 0.2) is 50.4 Å². The average molecular weight is 270 g/mol. The van der Waals surface area contributed by atoms with Crippen LogP contribution in [0.2, 0.25) is 0 Å². The van der Waals surface area contributed by atoms with Gasteiger partial charge in [-0.15, -0.1) is 0 Å². The fourth-order valence-electron chi connectivity index (χ4n) is 2.06. The second kappa shape index (κ2) is 4.65. The van der Waals surface area contributed by atoms with Crippen LogP contribution in [-0.4, -0.2) is 16.1 Å². The van der Waals surface area contributed by atoms with Gasteiger partial charge in [-0.1, -0.05) is 12.1 Å². The van der Waals surface area contributed by atoms with E-state index in [1.165, 1.54) is 6.07 Å². The van der Waals surface area contributed by atoms with Gasteiger partial charge in [-0.3, -0.25) is 19.5 Å². The van der Waals surface area contributed by atoms with Crippen molar-refractivity contribution in [3.05, 3.63) is 68.6 Å². The summed E-state index contributed by atoms with van der Waals surface area (Å²) in [7, 11) is 0. The highest BCUT2D eigenvalue weighted by molar-refractivity contribution is 5.80. The summed E-state index contributed by atoms with van der Waals surface area (Å²) in [6, 6.07) is 9.69. The van der Waals surface area contributed by atoms with Gasteiger partial charge in [-0.05, 0) is 24.3 Å². The van der Waals surface area contributed by atoms with Crippen molar-refractivity contribution in [2.24, 2.45) is 0 Å². The van der Waals surface area contributed by atoms with Crippen molar-refractivity contribution >= 4 is 17.1 Å². The van der Waals surface area contributed by atoms with Gasteiger partial charge in [0.15, 0.2) is 12.0 Å². The molecule has 0 radical (unpaired) electrons. The van der Waals surface area contributed by atoms with Gasteiger partial charge in [0, 0.05) is 0 Å². The number of benzene rings is 1. The molecule has 2 aromatic heterocycles. The number of H-pyrrole nitrogens is 1. The normalized spacial score (nSPS) is 10.8. The molecule has 0 atom stereocenters. The number of nitrogens with zero attached hydrogens (tertiary/aromatic N) is 1. The lowest BCUT2D eigenvalue weighted by atomic mass is 10.2. The van der Waals surface area contributed by atoms with Crippen molar-refractivity contribution < 1.29 is 9.21 Å². The molecule has 6 heteroatoms. The fourth-order valence-corrected chi connectivity index (χ4v) is 2.06. The fraction of sp³-hybridized carbons (Fsp3) is 0.0714. The first-order valence-corrected chi connectivity index (χ1v) is 5.95. The standard InChI is InChI=1S/C14H10N2O4/c17-8-10-6-5-9(20-10)7-16-14(19)12-4-2-1-3-11(12)13(18)15-16/h1-6,8H,7H2,(H,15,18). The monoisotopic (exact) mass is 270 g/mol. The molecule has 0 aliphatic carbocycles. The third kappa shape index (κ3) is 1.97. The molecule has 0 saturated heterocycles. The Bertz CT molecular complexity index is 901. The summed E-state index contributed by atoms with van der Waals surface area (Å²) in [5.41, 5.74) is -0.661. The van der Waals surface area contributed by atoms with Crippen molar-refractivity contribution in [3.63, 3.8) is 0 Å². The van der Waals surface area contributed by atoms with Gasteiger partial charge in [0.05, 0.1) is 10.8 Å². The Morgan fingerprint density at radius 1 is 1.10 bits per heavy atom. The summed E-state index contributed by atoms with van der Waals surface area (Å²) in [6.45, 7) is 0.0622. The van der Waals surface area contributed by atoms with Gasteiger partial charge in [0.1, 0.15) is 12.3 Å². The van der Waals surface area contributed by atoms with Crippen molar-refractivity contribution in [3.8, 4) is 0 Å². The number of aromatic nitrogens is 2. The summed E-state index contributed by atoms with van der Waals surface area (Å²) in [5.74, 6) is 0.594. The third-order valence-electron chi connectivity index (χ3n) is 3.00. The molecule has 20 heavy (non-hydrogen) atoms. The first kappa shape index (κ1) is 12.2. The van der Waals surface area contributed by atoms with E-state index in [-0.39, 0.29) is 23.4 Å². The number of hydrogen-bond acceptors (Lipinski definition) is 4. The van der Waals surface area contributed by atoms with Crippen LogP contribution in [0.3, 0.4) is 0 Å². The molecule has 6 nitrogen and oxygen atoms in total. The smallest absolute Gasteiger partial charge is 0.273 e. The molecular formula is C14H10N2O4. The average Bonchev–Trinajstić information content (AvgIpc) is 2.92. The van der Waals surface area contributed by atoms with Gasteiger partial charge in [-0.2, -0.15) is 0 Å². The van der Waals surface area contributed by atoms with Crippen molar-refractivity contribution in [2.75, 3.05) is 0 Å². The lowest BCUT2D eigenvalue weighted by Gasteiger charge is -2.05. The number of aromatic amines is 1. The van der Waals surface area contributed by atoms with Gasteiger partial charge >= 0.3 is 0 Å². The second-order valence-corrected chi connectivity index (χ2v) is 4.30. The molecule has 0 fully saturated rings. The van der Waals surface area contributed by atoms with Crippen LogP contribution in [0.5, 0.6) is 0 Å². The molecule has 0 aliphatic rings. The summed E-state index contributed by atoms with van der Waals surface area (Å²) in [6.07, 6.45) is 0.579. The number of fused-ring (bicyclic) bond motifs is 1. The molecule has 0 spiro atoms. The van der Waals surface area contributed by atoms with Crippen molar-refractivity contribution in [1.82, 2.24) is 9.78 Å². The maximum Gasteiger partial charge on any atom is 0.273 e. The summed E-state index contributed by atoms with van der Waals surface area (Å²) in [5, 5.41) is 3.19. The molecule has 0 aliphatic heterocycles. The van der Waals surface area contributed by atoms with Crippen LogP contribution in [0, 0.1) is 0 Å². The number of aldehydes is 1. The van der Waals surface area contributed by atoms with E-state index >= 15 is 0 Å². The van der Waals surface area contributed by atoms with Crippen molar-refractivity contribution in [1.29, 1.82) is 0 Å². The second-order valence-electron chi connectivity index (χ2n) is 4.30. The topological polar surface area (TPSA) is 85.1 Å². The van der Waals surface area contributed by atoms with E-state index in [2.05, 4.69) is 5.10 Å². The van der Waals surface area contributed by atoms with Gasteiger partial charge < -0.3 is 4.42 Å². The number of hydrogen-bond donors (Lipinski definition) is 1. The zero-order valence-corrected chi connectivity index (χ0v) is 10.3. The molecule has 0 amide bonds. The molecule has 1 aromatic carbocycles. The molecule has 3 aromatic rings. The zero-order chi connectivity index (χ0) is 14.1. The largest absolute Gasteiger partial charge is 0.456 e. The summed E-state index contributed by atoms with van der Waals surface area (Å²) >= 11 is 0. The highest BCUT2D eigenvalue weighted by atomic mass is 16.3. The molecule has 2 heterocycles. The van der Waals surface area contributed by atoms with E-state index in [1.54, 1.807) is 30.3 Å². The number of nitrogens with one attached hydrogen (secondary N) is 1. The molecule has 3 rings (SSSR count). The lowest BCUT2D eigenvalue weighted by molar-refractivity contribution is 0.109. The molecule has 100 valence electrons. The van der Waals surface area contributed by atoms with Crippen LogP contribution < -0.4 is 11.1 Å². The van der Waals surface area contributed by atoms with Gasteiger partial charge in [-0.25, -0.2) is 4.68 Å². The maximum absolute atomic E-state index is 12.2. The van der Waals surface area contributed by atoms with E-state index in [9.17, 15) is 14.4 Å². The van der Waals surface area contributed by atoms with E-state index in [4.69, 9.17) is 4.42 Å². The SMILES string of the molecule is O=Cc1ccc(Cn2[nH]c(=O)c3ccccc3c2=O)o1. The van der Waals surface area contributed by atoms with E-state index in [0.29, 0.717) is 22.8 Å². The van der Waals surface area contributed by atoms with Crippen LogP contribution in [0.25, 0.3) is 10.8 Å². The maximum atomic E-state index is 12.2. The zero-order valence-electron chi connectivity index (χ0n) is 10.3. The molecular weight excluding hydrogens is 260 g/mol. The molecule has 0 saturated carbocycles. The molecule has 0 unspecified atom stereocenters. The van der Waals surface area contributed by atoms with E-state index < -0.39 is 0 Å². The number of carbonyl (C=O) groups excluding carboxylic acids is 1. The summed E-state index contributed by atoms with van der Waals surface area (Å²) < 4.78 is 6.36. The Kier molecular flexibility index (Phi) is 2.83. The Morgan fingerprint density at radius 3 is 2.55 bits per heavy atom.